The molecule has 3 rings (SSSR count). The fourth-order valence-electron chi connectivity index (χ4n) is 3.54. The minimum absolute atomic E-state index is 0.109. The molecule has 1 aromatic rings. The molecule has 0 heterocycles. The zero-order valence-electron chi connectivity index (χ0n) is 11.5. The Kier molecular flexibility index (Phi) is 3.67. The number of fused-ring (bicyclic) bond motifs is 2. The molecule has 0 amide bonds. The molecule has 0 aliphatic heterocycles. The summed E-state index contributed by atoms with van der Waals surface area (Å²) in [6.07, 6.45) is 5.09. The summed E-state index contributed by atoms with van der Waals surface area (Å²) >= 11 is 5.31. The van der Waals surface area contributed by atoms with E-state index < -0.39 is 4.92 Å². The van der Waals surface area contributed by atoms with E-state index in [1.807, 2.05) is 0 Å². The van der Waals surface area contributed by atoms with Gasteiger partial charge >= 0.3 is 0 Å². The highest BCUT2D eigenvalue weighted by Gasteiger charge is 2.39. The van der Waals surface area contributed by atoms with Crippen LogP contribution in [0.2, 0.25) is 0 Å². The Hall–Kier alpha value is -1.89. The lowest BCUT2D eigenvalue weighted by Gasteiger charge is -2.24. The molecule has 1 aromatic carbocycles. The van der Waals surface area contributed by atoms with Crippen molar-refractivity contribution in [2.24, 2.45) is 11.8 Å². The van der Waals surface area contributed by atoms with Crippen molar-refractivity contribution in [1.29, 1.82) is 0 Å². The summed E-state index contributed by atoms with van der Waals surface area (Å²) in [5, 5.41) is 17.7. The predicted molar refractivity (Wildman–Crippen MR) is 86.1 cm³/mol. The summed E-state index contributed by atoms with van der Waals surface area (Å²) in [4.78, 5) is 10.4. The van der Waals surface area contributed by atoms with Gasteiger partial charge in [-0.25, -0.2) is 0 Å². The molecule has 6 nitrogen and oxygen atoms in total. The van der Waals surface area contributed by atoms with Gasteiger partial charge in [0.05, 0.1) is 4.92 Å². The first-order chi connectivity index (χ1) is 10.0. The molecular weight excluding hydrogens is 288 g/mol. The van der Waals surface area contributed by atoms with Gasteiger partial charge in [0.15, 0.2) is 5.11 Å². The summed E-state index contributed by atoms with van der Waals surface area (Å²) in [5.41, 5.74) is 6.20. The second-order valence-electron chi connectivity index (χ2n) is 5.91. The van der Waals surface area contributed by atoms with Crippen LogP contribution in [0.3, 0.4) is 0 Å². The smallest absolute Gasteiger partial charge is 0.294 e. The van der Waals surface area contributed by atoms with E-state index in [9.17, 15) is 10.1 Å². The number of hydrogen-bond donors (Lipinski definition) is 3. The van der Waals surface area contributed by atoms with Crippen molar-refractivity contribution in [2.45, 2.75) is 31.7 Å². The van der Waals surface area contributed by atoms with Crippen LogP contribution < -0.4 is 16.4 Å². The van der Waals surface area contributed by atoms with E-state index in [1.165, 1.54) is 37.8 Å². The topological polar surface area (TPSA) is 93.2 Å². The van der Waals surface area contributed by atoms with Gasteiger partial charge in [-0.3, -0.25) is 10.1 Å². The Bertz CT molecular complexity index is 592. The first-order valence-electron chi connectivity index (χ1n) is 7.14. The van der Waals surface area contributed by atoms with Crippen LogP contribution in [0, 0.1) is 22.0 Å². The predicted octanol–water partition coefficient (Wildman–Crippen LogP) is 2.65. The molecule has 3 atom stereocenters. The number of thiocarbonyl (C=S) groups is 1. The number of nitrogen functional groups attached to an aromatic ring is 1. The first-order valence-corrected chi connectivity index (χ1v) is 7.55. The Morgan fingerprint density at radius 2 is 2.19 bits per heavy atom. The third-order valence-corrected chi connectivity index (χ3v) is 4.76. The van der Waals surface area contributed by atoms with Gasteiger partial charge in [0.1, 0.15) is 5.69 Å². The first kappa shape index (κ1) is 14.1. The zero-order chi connectivity index (χ0) is 15.0. The maximum Gasteiger partial charge on any atom is 0.294 e. The van der Waals surface area contributed by atoms with E-state index in [2.05, 4.69) is 10.6 Å². The fraction of sp³-hybridized carbons (Fsp3) is 0.500. The van der Waals surface area contributed by atoms with E-state index in [0.29, 0.717) is 16.8 Å². The van der Waals surface area contributed by atoms with Gasteiger partial charge in [0.2, 0.25) is 0 Å². The van der Waals surface area contributed by atoms with Gasteiger partial charge in [0.25, 0.3) is 5.69 Å². The van der Waals surface area contributed by atoms with Crippen LogP contribution >= 0.6 is 12.2 Å². The Balaban J connectivity index is 1.62. The van der Waals surface area contributed by atoms with Gasteiger partial charge in [-0.05, 0) is 55.4 Å². The number of nitrogens with two attached hydrogens (primary N) is 1. The van der Waals surface area contributed by atoms with E-state index in [4.69, 9.17) is 18.0 Å². The standard InChI is InChI=1S/C14H18N4O2S/c15-11-4-3-10(7-13(11)18(19)20)16-14(21)17-12-6-8-1-2-9(12)5-8/h3-4,7-9,12H,1-2,5-6,15H2,(H2,16,17,21). The van der Waals surface area contributed by atoms with Crippen LogP contribution in [0.15, 0.2) is 18.2 Å². The highest BCUT2D eigenvalue weighted by Crippen LogP contribution is 2.44. The van der Waals surface area contributed by atoms with E-state index in [-0.39, 0.29) is 11.4 Å². The summed E-state index contributed by atoms with van der Waals surface area (Å²) in [5.74, 6) is 1.56. The van der Waals surface area contributed by atoms with Crippen molar-refractivity contribution < 1.29 is 4.92 Å². The zero-order valence-corrected chi connectivity index (χ0v) is 12.4. The summed E-state index contributed by atoms with van der Waals surface area (Å²) in [6.45, 7) is 0. The molecule has 2 aliphatic carbocycles. The van der Waals surface area contributed by atoms with Gasteiger partial charge in [-0.15, -0.1) is 0 Å². The molecule has 2 saturated carbocycles. The molecule has 2 aliphatic rings. The van der Waals surface area contributed by atoms with Crippen LogP contribution in [-0.4, -0.2) is 16.1 Å². The fourth-order valence-corrected chi connectivity index (χ4v) is 3.81. The van der Waals surface area contributed by atoms with Gasteiger partial charge in [0, 0.05) is 17.8 Å². The number of nitro benzene ring substituents is 1. The average molecular weight is 306 g/mol. The maximum atomic E-state index is 10.9. The third-order valence-electron chi connectivity index (χ3n) is 4.54. The second kappa shape index (κ2) is 5.48. The number of nitro groups is 1. The van der Waals surface area contributed by atoms with Crippen molar-refractivity contribution in [1.82, 2.24) is 5.32 Å². The third kappa shape index (κ3) is 2.92. The molecule has 0 aromatic heterocycles. The van der Waals surface area contributed by atoms with Crippen LogP contribution in [0.5, 0.6) is 0 Å². The van der Waals surface area contributed by atoms with Crippen LogP contribution in [0.25, 0.3) is 0 Å². The molecule has 2 fully saturated rings. The van der Waals surface area contributed by atoms with Crippen LogP contribution in [0.1, 0.15) is 25.7 Å². The monoisotopic (exact) mass is 306 g/mol. The van der Waals surface area contributed by atoms with Crippen LogP contribution in [0.4, 0.5) is 17.1 Å². The van der Waals surface area contributed by atoms with Crippen molar-refractivity contribution in [3.8, 4) is 0 Å². The molecule has 2 bridgehead atoms. The molecule has 0 saturated heterocycles. The van der Waals surface area contributed by atoms with Gasteiger partial charge in [-0.1, -0.05) is 6.42 Å². The highest BCUT2D eigenvalue weighted by atomic mass is 32.1. The van der Waals surface area contributed by atoms with Crippen LogP contribution in [-0.2, 0) is 0 Å². The van der Waals surface area contributed by atoms with Crippen molar-refractivity contribution in [3.63, 3.8) is 0 Å². The quantitative estimate of drug-likeness (QED) is 0.344. The summed E-state index contributed by atoms with van der Waals surface area (Å²) < 4.78 is 0. The number of benzene rings is 1. The van der Waals surface area contributed by atoms with Gasteiger partial charge < -0.3 is 16.4 Å². The number of hydrogen-bond acceptors (Lipinski definition) is 4. The summed E-state index contributed by atoms with van der Waals surface area (Å²) in [7, 11) is 0. The number of nitrogens with zero attached hydrogens (tertiary/aromatic N) is 1. The van der Waals surface area contributed by atoms with E-state index in [0.717, 1.165) is 11.8 Å². The molecule has 21 heavy (non-hydrogen) atoms. The Morgan fingerprint density at radius 1 is 1.38 bits per heavy atom. The largest absolute Gasteiger partial charge is 0.393 e. The summed E-state index contributed by atoms with van der Waals surface area (Å²) in [6, 6.07) is 5.05. The minimum Gasteiger partial charge on any atom is -0.393 e. The SMILES string of the molecule is Nc1ccc(NC(=S)NC2CC3CCC2C3)cc1[N+](=O)[O-]. The molecule has 0 radical (unpaired) electrons. The second-order valence-corrected chi connectivity index (χ2v) is 6.32. The van der Waals surface area contributed by atoms with Crippen molar-refractivity contribution in [2.75, 3.05) is 11.1 Å². The lowest BCUT2D eigenvalue weighted by Crippen LogP contribution is -2.40. The normalized spacial score (nSPS) is 26.6. The minimum atomic E-state index is -0.493. The molecule has 4 N–H and O–H groups in total. The van der Waals surface area contributed by atoms with Gasteiger partial charge in [-0.2, -0.15) is 0 Å². The number of nitrogens with one attached hydrogen (secondary N) is 2. The Morgan fingerprint density at radius 3 is 2.81 bits per heavy atom. The molecule has 3 unspecified atom stereocenters. The molecule has 112 valence electrons. The number of rotatable bonds is 3. The lowest BCUT2D eigenvalue weighted by atomic mass is 9.96. The van der Waals surface area contributed by atoms with E-state index >= 15 is 0 Å². The lowest BCUT2D eigenvalue weighted by molar-refractivity contribution is -0.383. The highest BCUT2D eigenvalue weighted by molar-refractivity contribution is 7.80. The van der Waals surface area contributed by atoms with Crippen molar-refractivity contribution in [3.05, 3.63) is 28.3 Å². The van der Waals surface area contributed by atoms with Crippen molar-refractivity contribution >= 4 is 34.4 Å². The number of anilines is 2. The van der Waals surface area contributed by atoms with E-state index in [1.54, 1.807) is 6.07 Å². The molecule has 7 heteroatoms. The maximum absolute atomic E-state index is 10.9. The Labute approximate surface area is 128 Å². The average Bonchev–Trinajstić information content (AvgIpc) is 3.03. The molecular formula is C14H18N4O2S. The molecule has 0 spiro atoms.